The first kappa shape index (κ1) is 32.7. The first-order chi connectivity index (χ1) is 23.7. The van der Waals surface area contributed by atoms with Gasteiger partial charge in [-0.25, -0.2) is 0 Å². The Balaban J connectivity index is 0.000000174. The van der Waals surface area contributed by atoms with Gasteiger partial charge >= 0.3 is 0 Å². The van der Waals surface area contributed by atoms with Crippen LogP contribution in [0.2, 0.25) is 0 Å². The molecule has 0 radical (unpaired) electrons. The van der Waals surface area contributed by atoms with Crippen molar-refractivity contribution in [3.63, 3.8) is 0 Å². The highest BCUT2D eigenvalue weighted by Crippen LogP contribution is 2.38. The normalized spacial score (nSPS) is 12.0. The summed E-state index contributed by atoms with van der Waals surface area (Å²) in [5.74, 6) is 0. The molecule has 5 nitrogen and oxygen atoms in total. The molecule has 5 heteroatoms. The third-order valence-corrected chi connectivity index (χ3v) is 8.58. The van der Waals surface area contributed by atoms with Crippen molar-refractivity contribution >= 4 is 51.2 Å². The predicted octanol–water partition coefficient (Wildman–Crippen LogP) is 11.2. The summed E-state index contributed by atoms with van der Waals surface area (Å²) in [6, 6.07) is 49.7. The maximum Gasteiger partial charge on any atom is 0.0869 e. The monoisotopic (exact) mass is 639 g/mol. The van der Waals surface area contributed by atoms with E-state index in [0.717, 1.165) is 50.9 Å². The lowest BCUT2D eigenvalue weighted by Gasteiger charge is -2.31. The van der Waals surface area contributed by atoms with E-state index in [-0.39, 0.29) is 11.4 Å². The molecular formula is C44H41N5. The molecule has 6 aromatic carbocycles. The van der Waals surface area contributed by atoms with E-state index in [1.54, 1.807) is 6.08 Å². The highest BCUT2D eigenvalue weighted by atomic mass is 15.2. The van der Waals surface area contributed by atoms with Gasteiger partial charge in [0.1, 0.15) is 0 Å². The Kier molecular flexibility index (Phi) is 9.54. The molecule has 0 atom stereocenters. The number of nitrogen functional groups attached to an aromatic ring is 1. The molecule has 1 aliphatic rings. The molecule has 0 fully saturated rings. The summed E-state index contributed by atoms with van der Waals surface area (Å²) in [4.78, 5) is 4.40. The fourth-order valence-corrected chi connectivity index (χ4v) is 5.81. The summed E-state index contributed by atoms with van der Waals surface area (Å²) in [6.45, 7) is 8.35. The second-order valence-electron chi connectivity index (χ2n) is 12.5. The third kappa shape index (κ3) is 7.37. The minimum absolute atomic E-state index is 0.230. The molecule has 49 heavy (non-hydrogen) atoms. The van der Waals surface area contributed by atoms with Crippen LogP contribution in [-0.4, -0.2) is 11.4 Å². The Morgan fingerprint density at radius 2 is 0.735 bits per heavy atom. The third-order valence-electron chi connectivity index (χ3n) is 8.58. The van der Waals surface area contributed by atoms with Gasteiger partial charge in [0.2, 0.25) is 0 Å². The maximum absolute atomic E-state index is 8.31. The Bertz CT molecular complexity index is 1950. The molecule has 0 unspecified atom stereocenters. The minimum Gasteiger partial charge on any atom is -0.399 e. The first-order valence-corrected chi connectivity index (χ1v) is 16.4. The van der Waals surface area contributed by atoms with E-state index in [9.17, 15) is 0 Å². The zero-order chi connectivity index (χ0) is 34.5. The molecule has 0 saturated heterocycles. The number of aryl methyl sites for hydroxylation is 4. The Morgan fingerprint density at radius 3 is 1.12 bits per heavy atom. The molecule has 0 aliphatic heterocycles. The van der Waals surface area contributed by atoms with Crippen LogP contribution in [0.1, 0.15) is 33.4 Å². The number of nitrogens with two attached hydrogens (primary N) is 1. The Hall–Kier alpha value is -6.20. The van der Waals surface area contributed by atoms with Crippen molar-refractivity contribution in [2.75, 3.05) is 15.5 Å². The minimum atomic E-state index is 0.230. The van der Waals surface area contributed by atoms with E-state index in [2.05, 4.69) is 147 Å². The smallest absolute Gasteiger partial charge is 0.0869 e. The van der Waals surface area contributed by atoms with Gasteiger partial charge in [0.15, 0.2) is 0 Å². The van der Waals surface area contributed by atoms with Gasteiger partial charge in [-0.05, 0) is 107 Å². The van der Waals surface area contributed by atoms with E-state index in [1.165, 1.54) is 22.3 Å². The van der Waals surface area contributed by atoms with Gasteiger partial charge in [-0.15, -0.1) is 0 Å². The van der Waals surface area contributed by atoms with Crippen LogP contribution in [0.15, 0.2) is 152 Å². The van der Waals surface area contributed by atoms with Crippen LogP contribution >= 0.6 is 0 Å². The SMILES string of the molecule is Cc1ccc(N(C2=CC(=N)C(=N)c3ccccc32)c2ccc(C)cc2)cc1.Cc1ccc(N(c2ccc(C)cc2)c2ccc(N)cc2)cc1. The maximum atomic E-state index is 8.31. The fraction of sp³-hybridized carbons (Fsp3) is 0.0909. The molecule has 242 valence electrons. The zero-order valence-corrected chi connectivity index (χ0v) is 28.4. The molecular weight excluding hydrogens is 599 g/mol. The number of nitrogens with zero attached hydrogens (tertiary/aromatic N) is 2. The molecule has 0 bridgehead atoms. The van der Waals surface area contributed by atoms with Gasteiger partial charge in [0.25, 0.3) is 0 Å². The van der Waals surface area contributed by atoms with Crippen molar-refractivity contribution in [1.82, 2.24) is 0 Å². The topological polar surface area (TPSA) is 80.2 Å². The van der Waals surface area contributed by atoms with E-state index >= 15 is 0 Å². The van der Waals surface area contributed by atoms with Crippen molar-refractivity contribution in [1.29, 1.82) is 10.8 Å². The average Bonchev–Trinajstić information content (AvgIpc) is 3.11. The number of allylic oxidation sites excluding steroid dienone is 1. The van der Waals surface area contributed by atoms with Crippen molar-refractivity contribution < 1.29 is 0 Å². The van der Waals surface area contributed by atoms with E-state index in [1.807, 2.05) is 36.4 Å². The summed E-state index contributed by atoms with van der Waals surface area (Å²) < 4.78 is 0. The van der Waals surface area contributed by atoms with Crippen LogP contribution in [0, 0.1) is 38.5 Å². The largest absolute Gasteiger partial charge is 0.399 e. The average molecular weight is 640 g/mol. The number of rotatable bonds is 6. The van der Waals surface area contributed by atoms with Crippen LogP contribution in [0.5, 0.6) is 0 Å². The van der Waals surface area contributed by atoms with Gasteiger partial charge in [-0.1, -0.05) is 95.1 Å². The molecule has 4 N–H and O–H groups in total. The first-order valence-electron chi connectivity index (χ1n) is 16.4. The van der Waals surface area contributed by atoms with Crippen LogP contribution < -0.4 is 15.5 Å². The Labute approximate surface area is 289 Å². The van der Waals surface area contributed by atoms with Crippen molar-refractivity contribution in [2.45, 2.75) is 27.7 Å². The summed E-state index contributed by atoms with van der Waals surface area (Å²) >= 11 is 0. The summed E-state index contributed by atoms with van der Waals surface area (Å²) in [5, 5.41) is 16.6. The molecule has 0 spiro atoms. The van der Waals surface area contributed by atoms with E-state index < -0.39 is 0 Å². The van der Waals surface area contributed by atoms with Crippen molar-refractivity contribution in [3.8, 4) is 0 Å². The summed E-state index contributed by atoms with van der Waals surface area (Å²) in [5.41, 5.74) is 20.1. The Morgan fingerprint density at radius 1 is 0.408 bits per heavy atom. The summed E-state index contributed by atoms with van der Waals surface area (Å²) in [6.07, 6.45) is 1.80. The molecule has 7 rings (SSSR count). The van der Waals surface area contributed by atoms with E-state index in [4.69, 9.17) is 16.6 Å². The molecule has 1 aliphatic carbocycles. The van der Waals surface area contributed by atoms with Crippen LogP contribution in [-0.2, 0) is 0 Å². The van der Waals surface area contributed by atoms with E-state index in [0.29, 0.717) is 0 Å². The number of fused-ring (bicyclic) bond motifs is 1. The van der Waals surface area contributed by atoms with Crippen LogP contribution in [0.3, 0.4) is 0 Å². The molecule has 0 amide bonds. The number of hydrogen-bond acceptors (Lipinski definition) is 5. The number of anilines is 6. The second-order valence-corrected chi connectivity index (χ2v) is 12.5. The predicted molar refractivity (Wildman–Crippen MR) is 208 cm³/mol. The van der Waals surface area contributed by atoms with Gasteiger partial charge in [0, 0.05) is 45.3 Å². The lowest BCUT2D eigenvalue weighted by atomic mass is 9.90. The highest BCUT2D eigenvalue weighted by Gasteiger charge is 2.25. The number of hydrogen-bond donors (Lipinski definition) is 3. The van der Waals surface area contributed by atoms with Crippen molar-refractivity contribution in [2.24, 2.45) is 0 Å². The van der Waals surface area contributed by atoms with Crippen molar-refractivity contribution in [3.05, 3.63) is 185 Å². The van der Waals surface area contributed by atoms with Gasteiger partial charge in [-0.2, -0.15) is 0 Å². The highest BCUT2D eigenvalue weighted by molar-refractivity contribution is 6.53. The quantitative estimate of drug-likeness (QED) is 0.159. The lowest BCUT2D eigenvalue weighted by molar-refractivity contribution is 1.27. The number of benzene rings is 6. The summed E-state index contributed by atoms with van der Waals surface area (Å²) in [7, 11) is 0. The molecule has 0 aromatic heterocycles. The van der Waals surface area contributed by atoms with Gasteiger partial charge in [0.05, 0.1) is 17.1 Å². The molecule has 0 heterocycles. The van der Waals surface area contributed by atoms with Crippen LogP contribution in [0.4, 0.5) is 34.1 Å². The molecule has 6 aromatic rings. The fourth-order valence-electron chi connectivity index (χ4n) is 5.81. The van der Waals surface area contributed by atoms with Gasteiger partial charge < -0.3 is 15.5 Å². The zero-order valence-electron chi connectivity index (χ0n) is 28.4. The van der Waals surface area contributed by atoms with Crippen LogP contribution in [0.25, 0.3) is 5.70 Å². The standard InChI is InChI=1S/C24H21N3.C20H20N2/c1-16-7-11-18(12-8-16)27(19-13-9-17(2)10-14-19)23-15-22(25)24(26)21-6-4-3-5-20(21)23;1-15-3-9-18(10-4-15)22(19-11-5-16(2)6-12-19)20-13-7-17(21)8-14-20/h3-15,25-26H,1-2H3;3-14H,21H2,1-2H3. The second kappa shape index (κ2) is 14.3. The number of nitrogens with one attached hydrogen (secondary N) is 2. The van der Waals surface area contributed by atoms with Gasteiger partial charge in [-0.3, -0.25) is 10.8 Å². The molecule has 0 saturated carbocycles. The lowest BCUT2D eigenvalue weighted by Crippen LogP contribution is -2.25.